The zero-order valence-electron chi connectivity index (χ0n) is 11.3. The number of carboxylic acid groups (broad SMARTS) is 1. The van der Waals surface area contributed by atoms with Gasteiger partial charge in [0, 0.05) is 6.04 Å². The number of aryl methyl sites for hydroxylation is 1. The van der Waals surface area contributed by atoms with Gasteiger partial charge in [-0.05, 0) is 55.9 Å². The molecule has 1 atom stereocenters. The summed E-state index contributed by atoms with van der Waals surface area (Å²) in [7, 11) is 0. The standard InChI is InChI=1S/C15H21NO2/c1-9-5-6-12(11(3)10(9)2)13(16)15(14(17)18)7-4-8-15/h5-6,13H,4,7-8,16H2,1-3H3,(H,17,18). The van der Waals surface area contributed by atoms with Crippen molar-refractivity contribution in [3.63, 3.8) is 0 Å². The number of carbonyl (C=O) groups is 1. The zero-order chi connectivity index (χ0) is 13.5. The molecule has 0 spiro atoms. The van der Waals surface area contributed by atoms with Gasteiger partial charge >= 0.3 is 5.97 Å². The average Bonchev–Trinajstić information content (AvgIpc) is 2.23. The number of aliphatic carboxylic acids is 1. The van der Waals surface area contributed by atoms with Gasteiger partial charge in [0.25, 0.3) is 0 Å². The summed E-state index contributed by atoms with van der Waals surface area (Å²) in [5, 5.41) is 9.45. The lowest BCUT2D eigenvalue weighted by Crippen LogP contribution is -2.47. The van der Waals surface area contributed by atoms with E-state index in [4.69, 9.17) is 5.73 Å². The second-order valence-electron chi connectivity index (χ2n) is 5.51. The normalized spacial score (nSPS) is 19.1. The Morgan fingerprint density at radius 3 is 2.33 bits per heavy atom. The van der Waals surface area contributed by atoms with E-state index in [1.165, 1.54) is 11.1 Å². The van der Waals surface area contributed by atoms with Gasteiger partial charge < -0.3 is 10.8 Å². The van der Waals surface area contributed by atoms with Crippen LogP contribution in [-0.4, -0.2) is 11.1 Å². The minimum Gasteiger partial charge on any atom is -0.481 e. The predicted octanol–water partition coefficient (Wildman–Crippen LogP) is 2.87. The molecule has 3 N–H and O–H groups in total. The fourth-order valence-electron chi connectivity index (χ4n) is 2.83. The second-order valence-corrected chi connectivity index (χ2v) is 5.51. The number of rotatable bonds is 3. The molecule has 1 saturated carbocycles. The van der Waals surface area contributed by atoms with Gasteiger partial charge in [-0.2, -0.15) is 0 Å². The molecule has 0 aromatic heterocycles. The van der Waals surface area contributed by atoms with Crippen LogP contribution in [0.15, 0.2) is 12.1 Å². The van der Waals surface area contributed by atoms with Gasteiger partial charge in [0.1, 0.15) is 0 Å². The van der Waals surface area contributed by atoms with Gasteiger partial charge in [-0.15, -0.1) is 0 Å². The highest BCUT2D eigenvalue weighted by molar-refractivity contribution is 5.77. The quantitative estimate of drug-likeness (QED) is 0.863. The Kier molecular flexibility index (Phi) is 3.20. The van der Waals surface area contributed by atoms with Gasteiger partial charge in [0.2, 0.25) is 0 Å². The molecule has 3 nitrogen and oxygen atoms in total. The van der Waals surface area contributed by atoms with Gasteiger partial charge in [-0.25, -0.2) is 0 Å². The van der Waals surface area contributed by atoms with Crippen molar-refractivity contribution in [2.24, 2.45) is 11.1 Å². The van der Waals surface area contributed by atoms with E-state index in [1.54, 1.807) is 0 Å². The van der Waals surface area contributed by atoms with Crippen LogP contribution < -0.4 is 5.73 Å². The van der Waals surface area contributed by atoms with E-state index >= 15 is 0 Å². The molecule has 0 bridgehead atoms. The lowest BCUT2D eigenvalue weighted by Gasteiger charge is -2.43. The van der Waals surface area contributed by atoms with E-state index in [0.717, 1.165) is 17.5 Å². The molecule has 1 fully saturated rings. The maximum atomic E-state index is 11.5. The third-order valence-electron chi connectivity index (χ3n) is 4.70. The fraction of sp³-hybridized carbons (Fsp3) is 0.533. The van der Waals surface area contributed by atoms with Crippen molar-refractivity contribution >= 4 is 5.97 Å². The van der Waals surface area contributed by atoms with Crippen molar-refractivity contribution in [3.8, 4) is 0 Å². The summed E-state index contributed by atoms with van der Waals surface area (Å²) in [6.07, 6.45) is 2.34. The minimum atomic E-state index is -0.751. The number of carboxylic acids is 1. The first-order valence-electron chi connectivity index (χ1n) is 6.46. The first kappa shape index (κ1) is 13.1. The summed E-state index contributed by atoms with van der Waals surface area (Å²) in [5.74, 6) is -0.751. The largest absolute Gasteiger partial charge is 0.481 e. The van der Waals surface area contributed by atoms with E-state index in [9.17, 15) is 9.90 Å². The lowest BCUT2D eigenvalue weighted by molar-refractivity contribution is -0.156. The summed E-state index contributed by atoms with van der Waals surface area (Å²) in [6.45, 7) is 6.16. The van der Waals surface area contributed by atoms with Gasteiger partial charge in [-0.3, -0.25) is 4.79 Å². The molecular formula is C15H21NO2. The third-order valence-corrected chi connectivity index (χ3v) is 4.70. The molecule has 1 aliphatic rings. The molecule has 0 aliphatic heterocycles. The number of hydrogen-bond acceptors (Lipinski definition) is 2. The SMILES string of the molecule is Cc1ccc(C(N)C2(C(=O)O)CCC2)c(C)c1C. The highest BCUT2D eigenvalue weighted by atomic mass is 16.4. The van der Waals surface area contributed by atoms with E-state index in [2.05, 4.69) is 13.8 Å². The Labute approximate surface area is 108 Å². The van der Waals surface area contributed by atoms with Gasteiger partial charge in [-0.1, -0.05) is 18.6 Å². The van der Waals surface area contributed by atoms with Crippen molar-refractivity contribution in [1.29, 1.82) is 0 Å². The lowest BCUT2D eigenvalue weighted by atomic mass is 9.62. The Morgan fingerprint density at radius 1 is 1.28 bits per heavy atom. The number of benzene rings is 1. The molecule has 0 radical (unpaired) electrons. The predicted molar refractivity (Wildman–Crippen MR) is 71.5 cm³/mol. The topological polar surface area (TPSA) is 63.3 Å². The number of hydrogen-bond donors (Lipinski definition) is 2. The Morgan fingerprint density at radius 2 is 1.89 bits per heavy atom. The molecule has 0 heterocycles. The van der Waals surface area contributed by atoms with Crippen molar-refractivity contribution in [2.45, 2.75) is 46.1 Å². The molecule has 18 heavy (non-hydrogen) atoms. The van der Waals surface area contributed by atoms with Crippen LogP contribution in [-0.2, 0) is 4.79 Å². The van der Waals surface area contributed by atoms with Crippen LogP contribution in [0.2, 0.25) is 0 Å². The van der Waals surface area contributed by atoms with Crippen LogP contribution in [0, 0.1) is 26.2 Å². The smallest absolute Gasteiger partial charge is 0.311 e. The van der Waals surface area contributed by atoms with Crippen LogP contribution in [0.4, 0.5) is 0 Å². The van der Waals surface area contributed by atoms with E-state index in [0.29, 0.717) is 12.8 Å². The van der Waals surface area contributed by atoms with Crippen molar-refractivity contribution in [3.05, 3.63) is 34.4 Å². The Hall–Kier alpha value is -1.35. The molecule has 1 aliphatic carbocycles. The molecule has 1 unspecified atom stereocenters. The summed E-state index contributed by atoms with van der Waals surface area (Å²) < 4.78 is 0. The molecule has 0 saturated heterocycles. The van der Waals surface area contributed by atoms with Crippen LogP contribution in [0.3, 0.4) is 0 Å². The van der Waals surface area contributed by atoms with Crippen LogP contribution in [0.5, 0.6) is 0 Å². The zero-order valence-corrected chi connectivity index (χ0v) is 11.3. The fourth-order valence-corrected chi connectivity index (χ4v) is 2.83. The molecule has 1 aromatic rings. The molecular weight excluding hydrogens is 226 g/mol. The first-order valence-corrected chi connectivity index (χ1v) is 6.46. The Balaban J connectivity index is 2.43. The Bertz CT molecular complexity index is 490. The highest BCUT2D eigenvalue weighted by Crippen LogP contribution is 2.50. The van der Waals surface area contributed by atoms with Gasteiger partial charge in [0.05, 0.1) is 5.41 Å². The molecule has 1 aromatic carbocycles. The monoisotopic (exact) mass is 247 g/mol. The summed E-state index contributed by atoms with van der Waals surface area (Å²) in [6, 6.07) is 3.62. The molecule has 2 rings (SSSR count). The van der Waals surface area contributed by atoms with E-state index in [-0.39, 0.29) is 0 Å². The van der Waals surface area contributed by atoms with Crippen LogP contribution >= 0.6 is 0 Å². The maximum Gasteiger partial charge on any atom is 0.311 e. The van der Waals surface area contributed by atoms with E-state index < -0.39 is 17.4 Å². The maximum absolute atomic E-state index is 11.5. The average molecular weight is 247 g/mol. The summed E-state index contributed by atoms with van der Waals surface area (Å²) in [4.78, 5) is 11.5. The highest BCUT2D eigenvalue weighted by Gasteiger charge is 2.50. The first-order chi connectivity index (χ1) is 8.40. The van der Waals surface area contributed by atoms with Crippen LogP contribution in [0.1, 0.15) is 47.6 Å². The van der Waals surface area contributed by atoms with E-state index in [1.807, 2.05) is 19.1 Å². The third kappa shape index (κ3) is 1.74. The summed E-state index contributed by atoms with van der Waals surface area (Å²) in [5.41, 5.74) is 10.1. The second kappa shape index (κ2) is 4.39. The van der Waals surface area contributed by atoms with Crippen molar-refractivity contribution in [2.75, 3.05) is 0 Å². The molecule has 98 valence electrons. The van der Waals surface area contributed by atoms with Crippen molar-refractivity contribution in [1.82, 2.24) is 0 Å². The molecule has 0 amide bonds. The molecule has 3 heteroatoms. The summed E-state index contributed by atoms with van der Waals surface area (Å²) >= 11 is 0. The van der Waals surface area contributed by atoms with Crippen LogP contribution in [0.25, 0.3) is 0 Å². The number of nitrogens with two attached hydrogens (primary N) is 1. The van der Waals surface area contributed by atoms with Gasteiger partial charge in [0.15, 0.2) is 0 Å². The van der Waals surface area contributed by atoms with Crippen molar-refractivity contribution < 1.29 is 9.90 Å². The minimum absolute atomic E-state index is 0.400.